The summed E-state index contributed by atoms with van der Waals surface area (Å²) in [5.74, 6) is 0.291. The Hall–Kier alpha value is -1.57. The number of hydrogen-bond donors (Lipinski definition) is 1. The molecular weight excluding hydrogens is 210 g/mol. The molecule has 1 amide bonds. The number of nitrogens with one attached hydrogen (secondary N) is 1. The second-order valence-electron chi connectivity index (χ2n) is 4.77. The highest BCUT2D eigenvalue weighted by atomic mass is 16.1. The van der Waals surface area contributed by atoms with E-state index in [9.17, 15) is 4.79 Å². The third-order valence-electron chi connectivity index (χ3n) is 3.41. The molecule has 1 aliphatic carbocycles. The van der Waals surface area contributed by atoms with E-state index in [0.717, 1.165) is 24.9 Å². The van der Waals surface area contributed by atoms with Gasteiger partial charge >= 0.3 is 0 Å². The molecule has 0 radical (unpaired) electrons. The number of hydrogen-bond acceptors (Lipinski definition) is 1. The normalized spacial score (nSPS) is 19.1. The van der Waals surface area contributed by atoms with Crippen molar-refractivity contribution in [2.24, 2.45) is 5.92 Å². The van der Waals surface area contributed by atoms with Crippen molar-refractivity contribution in [1.29, 1.82) is 0 Å². The fraction of sp³-hybridized carbons (Fsp3) is 0.400. The van der Waals surface area contributed by atoms with Crippen molar-refractivity contribution in [3.05, 3.63) is 41.5 Å². The molecule has 0 aliphatic heterocycles. The van der Waals surface area contributed by atoms with Gasteiger partial charge in [0.15, 0.2) is 0 Å². The molecule has 0 heterocycles. The van der Waals surface area contributed by atoms with Crippen molar-refractivity contribution < 1.29 is 4.79 Å². The van der Waals surface area contributed by atoms with Crippen LogP contribution in [0.1, 0.15) is 30.4 Å². The quantitative estimate of drug-likeness (QED) is 0.771. The molecule has 1 N–H and O–H groups in total. The lowest BCUT2D eigenvalue weighted by molar-refractivity contribution is -0.120. The van der Waals surface area contributed by atoms with Crippen molar-refractivity contribution in [3.63, 3.8) is 0 Å². The van der Waals surface area contributed by atoms with Crippen molar-refractivity contribution in [2.45, 2.75) is 33.1 Å². The molecule has 1 aromatic carbocycles. The van der Waals surface area contributed by atoms with E-state index in [-0.39, 0.29) is 11.8 Å². The van der Waals surface area contributed by atoms with Gasteiger partial charge in [-0.2, -0.15) is 0 Å². The molecule has 2 nitrogen and oxygen atoms in total. The van der Waals surface area contributed by atoms with E-state index in [4.69, 9.17) is 0 Å². The van der Waals surface area contributed by atoms with Crippen molar-refractivity contribution in [1.82, 2.24) is 0 Å². The number of benzene rings is 1. The van der Waals surface area contributed by atoms with Gasteiger partial charge in [0, 0.05) is 11.6 Å². The van der Waals surface area contributed by atoms with Gasteiger partial charge in [-0.3, -0.25) is 4.79 Å². The van der Waals surface area contributed by atoms with Crippen LogP contribution in [0, 0.1) is 19.8 Å². The van der Waals surface area contributed by atoms with Gasteiger partial charge in [-0.1, -0.05) is 18.2 Å². The Labute approximate surface area is 103 Å². The highest BCUT2D eigenvalue weighted by Gasteiger charge is 2.18. The Bertz CT molecular complexity index is 448. The Morgan fingerprint density at radius 3 is 2.71 bits per heavy atom. The van der Waals surface area contributed by atoms with Crippen LogP contribution in [0.5, 0.6) is 0 Å². The number of carbonyl (C=O) groups excluding carboxylic acids is 1. The van der Waals surface area contributed by atoms with Crippen LogP contribution in [-0.2, 0) is 4.79 Å². The first-order chi connectivity index (χ1) is 8.16. The monoisotopic (exact) mass is 229 g/mol. The second-order valence-corrected chi connectivity index (χ2v) is 4.77. The molecule has 0 saturated carbocycles. The molecule has 0 fully saturated rings. The zero-order valence-corrected chi connectivity index (χ0v) is 10.5. The minimum atomic E-state index is 0.140. The number of aryl methyl sites for hydroxylation is 2. The van der Waals surface area contributed by atoms with Crippen molar-refractivity contribution >= 4 is 11.6 Å². The molecule has 2 heteroatoms. The lowest BCUT2D eigenvalue weighted by Crippen LogP contribution is -2.23. The molecule has 0 bridgehead atoms. The first-order valence-electron chi connectivity index (χ1n) is 6.20. The van der Waals surface area contributed by atoms with Gasteiger partial charge in [-0.25, -0.2) is 0 Å². The minimum Gasteiger partial charge on any atom is -0.326 e. The molecule has 17 heavy (non-hydrogen) atoms. The summed E-state index contributed by atoms with van der Waals surface area (Å²) in [6, 6.07) is 6.05. The lowest BCUT2D eigenvalue weighted by Gasteiger charge is -2.17. The number of carbonyl (C=O) groups is 1. The van der Waals surface area contributed by atoms with Crippen LogP contribution >= 0.6 is 0 Å². The molecule has 90 valence electrons. The summed E-state index contributed by atoms with van der Waals surface area (Å²) < 4.78 is 0. The highest BCUT2D eigenvalue weighted by Crippen LogP contribution is 2.21. The standard InChI is InChI=1S/C15H19NO/c1-11-8-9-14(10-12(11)2)16-15(17)13-6-4-3-5-7-13/h3-4,8-10,13H,5-7H2,1-2H3,(H,16,17)/t13-/m1/s1. The fourth-order valence-corrected chi connectivity index (χ4v) is 2.10. The molecule has 0 saturated heterocycles. The molecule has 1 aliphatic rings. The summed E-state index contributed by atoms with van der Waals surface area (Å²) in [6.45, 7) is 4.14. The third-order valence-corrected chi connectivity index (χ3v) is 3.41. The van der Waals surface area contributed by atoms with Crippen LogP contribution in [0.2, 0.25) is 0 Å². The third kappa shape index (κ3) is 2.96. The Morgan fingerprint density at radius 2 is 2.06 bits per heavy atom. The summed E-state index contributed by atoms with van der Waals surface area (Å²) in [6.07, 6.45) is 7.11. The Morgan fingerprint density at radius 1 is 1.24 bits per heavy atom. The average Bonchev–Trinajstić information content (AvgIpc) is 2.35. The molecule has 0 unspecified atom stereocenters. The molecule has 0 aromatic heterocycles. The summed E-state index contributed by atoms with van der Waals surface area (Å²) in [5.41, 5.74) is 3.38. The van der Waals surface area contributed by atoms with Crippen LogP contribution in [0.4, 0.5) is 5.69 Å². The van der Waals surface area contributed by atoms with Crippen LogP contribution in [0.25, 0.3) is 0 Å². The van der Waals surface area contributed by atoms with Gasteiger partial charge in [0.25, 0.3) is 0 Å². The largest absolute Gasteiger partial charge is 0.326 e. The van der Waals surface area contributed by atoms with Crippen molar-refractivity contribution in [3.8, 4) is 0 Å². The topological polar surface area (TPSA) is 29.1 Å². The number of allylic oxidation sites excluding steroid dienone is 2. The van der Waals surface area contributed by atoms with E-state index >= 15 is 0 Å². The van der Waals surface area contributed by atoms with Gasteiger partial charge in [-0.15, -0.1) is 0 Å². The molecular formula is C15H19NO. The summed E-state index contributed by atoms with van der Waals surface area (Å²) in [7, 11) is 0. The highest BCUT2D eigenvalue weighted by molar-refractivity contribution is 5.92. The molecule has 0 spiro atoms. The van der Waals surface area contributed by atoms with Gasteiger partial charge in [0.1, 0.15) is 0 Å². The second kappa shape index (κ2) is 5.17. The van der Waals surface area contributed by atoms with Gasteiger partial charge in [0.2, 0.25) is 5.91 Å². The van der Waals surface area contributed by atoms with Gasteiger partial charge in [-0.05, 0) is 56.4 Å². The zero-order valence-electron chi connectivity index (χ0n) is 10.5. The smallest absolute Gasteiger partial charge is 0.227 e. The molecule has 1 aromatic rings. The van der Waals surface area contributed by atoms with Gasteiger partial charge in [0.05, 0.1) is 0 Å². The van der Waals surface area contributed by atoms with E-state index in [1.165, 1.54) is 11.1 Å². The van der Waals surface area contributed by atoms with E-state index in [1.807, 2.05) is 18.2 Å². The Balaban J connectivity index is 2.02. The lowest BCUT2D eigenvalue weighted by atomic mass is 9.93. The molecule has 2 rings (SSSR count). The predicted molar refractivity (Wildman–Crippen MR) is 71.0 cm³/mol. The minimum absolute atomic E-state index is 0.140. The maximum atomic E-state index is 12.0. The van der Waals surface area contributed by atoms with Crippen LogP contribution in [-0.4, -0.2) is 5.91 Å². The summed E-state index contributed by atoms with van der Waals surface area (Å²) in [4.78, 5) is 12.0. The maximum Gasteiger partial charge on any atom is 0.227 e. The van der Waals surface area contributed by atoms with Gasteiger partial charge < -0.3 is 5.32 Å². The van der Waals surface area contributed by atoms with E-state index < -0.39 is 0 Å². The number of anilines is 1. The van der Waals surface area contributed by atoms with Crippen LogP contribution in [0.3, 0.4) is 0 Å². The van der Waals surface area contributed by atoms with Crippen molar-refractivity contribution in [2.75, 3.05) is 5.32 Å². The number of amides is 1. The van der Waals surface area contributed by atoms with E-state index in [2.05, 4.69) is 31.3 Å². The predicted octanol–water partition coefficient (Wildman–Crippen LogP) is 3.60. The maximum absolute atomic E-state index is 12.0. The zero-order chi connectivity index (χ0) is 12.3. The van der Waals surface area contributed by atoms with Crippen LogP contribution in [0.15, 0.2) is 30.4 Å². The van der Waals surface area contributed by atoms with Crippen LogP contribution < -0.4 is 5.32 Å². The number of rotatable bonds is 2. The van der Waals surface area contributed by atoms with E-state index in [0.29, 0.717) is 0 Å². The first kappa shape index (κ1) is 11.9. The van der Waals surface area contributed by atoms with E-state index in [1.54, 1.807) is 0 Å². The molecule has 1 atom stereocenters. The Kier molecular flexibility index (Phi) is 3.62. The SMILES string of the molecule is Cc1ccc(NC(=O)[C@@H]2CC=CCC2)cc1C. The summed E-state index contributed by atoms with van der Waals surface area (Å²) in [5, 5.41) is 3.01. The fourth-order valence-electron chi connectivity index (χ4n) is 2.10. The average molecular weight is 229 g/mol. The summed E-state index contributed by atoms with van der Waals surface area (Å²) >= 11 is 0. The first-order valence-corrected chi connectivity index (χ1v) is 6.20.